The highest BCUT2D eigenvalue weighted by Gasteiger charge is 2.47. The monoisotopic (exact) mass is 286 g/mol. The molecule has 4 heteroatoms. The van der Waals surface area contributed by atoms with E-state index >= 15 is 0 Å². The van der Waals surface area contributed by atoms with Crippen molar-refractivity contribution < 1.29 is 9.59 Å². The Morgan fingerprint density at radius 2 is 1.95 bits per heavy atom. The van der Waals surface area contributed by atoms with Crippen LogP contribution in [0.4, 0.5) is 5.69 Å². The average Bonchev–Trinajstić information content (AvgIpc) is 3.25. The maximum Gasteiger partial charge on any atom is 0.228 e. The largest absolute Gasteiger partial charge is 0.352 e. The molecule has 21 heavy (non-hydrogen) atoms. The van der Waals surface area contributed by atoms with Gasteiger partial charge in [0.2, 0.25) is 11.8 Å². The zero-order valence-corrected chi connectivity index (χ0v) is 12.6. The Balaban J connectivity index is 1.95. The maximum atomic E-state index is 12.2. The van der Waals surface area contributed by atoms with Gasteiger partial charge in [-0.05, 0) is 24.0 Å². The second-order valence-corrected chi connectivity index (χ2v) is 5.71. The van der Waals surface area contributed by atoms with Gasteiger partial charge in [0.1, 0.15) is 0 Å². The van der Waals surface area contributed by atoms with Crippen molar-refractivity contribution in [3.63, 3.8) is 0 Å². The third-order valence-corrected chi connectivity index (χ3v) is 3.73. The van der Waals surface area contributed by atoms with Crippen LogP contribution in [0, 0.1) is 11.8 Å². The molecule has 2 N–H and O–H groups in total. The van der Waals surface area contributed by atoms with Crippen LogP contribution in [0.3, 0.4) is 0 Å². The smallest absolute Gasteiger partial charge is 0.228 e. The number of benzene rings is 1. The molecule has 1 aromatic carbocycles. The molecule has 1 aliphatic rings. The summed E-state index contributed by atoms with van der Waals surface area (Å²) in [7, 11) is 0. The van der Waals surface area contributed by atoms with E-state index < -0.39 is 0 Å². The number of rotatable bonds is 6. The summed E-state index contributed by atoms with van der Waals surface area (Å²) in [5, 5.41) is 5.69. The molecule has 2 amide bonds. The van der Waals surface area contributed by atoms with Crippen LogP contribution in [0.1, 0.15) is 31.7 Å². The van der Waals surface area contributed by atoms with Crippen LogP contribution < -0.4 is 10.6 Å². The van der Waals surface area contributed by atoms with E-state index in [9.17, 15) is 9.59 Å². The second-order valence-electron chi connectivity index (χ2n) is 5.71. The van der Waals surface area contributed by atoms with Crippen molar-refractivity contribution >= 4 is 17.5 Å². The summed E-state index contributed by atoms with van der Waals surface area (Å²) >= 11 is 0. The van der Waals surface area contributed by atoms with Crippen LogP contribution in [-0.2, 0) is 9.59 Å². The molecule has 1 saturated carbocycles. The lowest BCUT2D eigenvalue weighted by atomic mass is 10.0. The summed E-state index contributed by atoms with van der Waals surface area (Å²) in [6, 6.07) is 7.79. The number of para-hydroxylation sites is 1. The molecule has 1 fully saturated rings. The first-order chi connectivity index (χ1) is 10.0. The van der Waals surface area contributed by atoms with E-state index in [0.717, 1.165) is 11.3 Å². The molecule has 0 aromatic heterocycles. The standard InChI is InChI=1S/C17H22N2O2/c1-4-9-18-16(20)13-10-14(13)17(21)19-15-8-6-5-7-12(15)11(2)3/h4-8,11,13-14H,1,9-10H2,2-3H3,(H,18,20)(H,19,21). The van der Waals surface area contributed by atoms with E-state index in [-0.39, 0.29) is 23.7 Å². The Morgan fingerprint density at radius 1 is 1.29 bits per heavy atom. The van der Waals surface area contributed by atoms with Crippen LogP contribution in [0.15, 0.2) is 36.9 Å². The zero-order chi connectivity index (χ0) is 15.4. The Bertz CT molecular complexity index is 551. The van der Waals surface area contributed by atoms with Gasteiger partial charge >= 0.3 is 0 Å². The van der Waals surface area contributed by atoms with Crippen LogP contribution in [0.5, 0.6) is 0 Å². The lowest BCUT2D eigenvalue weighted by Gasteiger charge is -2.13. The molecule has 1 aromatic rings. The molecule has 2 rings (SSSR count). The van der Waals surface area contributed by atoms with Gasteiger partial charge in [-0.2, -0.15) is 0 Å². The normalized spacial score (nSPS) is 20.0. The molecule has 2 unspecified atom stereocenters. The number of anilines is 1. The van der Waals surface area contributed by atoms with E-state index in [0.29, 0.717) is 18.9 Å². The van der Waals surface area contributed by atoms with Crippen LogP contribution in [-0.4, -0.2) is 18.4 Å². The van der Waals surface area contributed by atoms with Crippen LogP contribution in [0.25, 0.3) is 0 Å². The van der Waals surface area contributed by atoms with Crippen LogP contribution in [0.2, 0.25) is 0 Å². The lowest BCUT2D eigenvalue weighted by molar-refractivity contribution is -0.125. The molecule has 0 spiro atoms. The summed E-state index contributed by atoms with van der Waals surface area (Å²) in [4.78, 5) is 24.0. The van der Waals surface area contributed by atoms with Crippen molar-refractivity contribution in [3.05, 3.63) is 42.5 Å². The Morgan fingerprint density at radius 3 is 2.62 bits per heavy atom. The molecule has 112 valence electrons. The topological polar surface area (TPSA) is 58.2 Å². The molecule has 1 aliphatic carbocycles. The fraction of sp³-hybridized carbons (Fsp3) is 0.412. The number of hydrogen-bond donors (Lipinski definition) is 2. The van der Waals surface area contributed by atoms with Crippen molar-refractivity contribution in [2.24, 2.45) is 11.8 Å². The number of hydrogen-bond acceptors (Lipinski definition) is 2. The molecule has 2 atom stereocenters. The van der Waals surface area contributed by atoms with E-state index in [1.54, 1.807) is 6.08 Å². The minimum absolute atomic E-state index is 0.0628. The summed E-state index contributed by atoms with van der Waals surface area (Å²) in [6.07, 6.45) is 2.26. The SMILES string of the molecule is C=CCNC(=O)C1CC1C(=O)Nc1ccccc1C(C)C. The Labute approximate surface area is 125 Å². The van der Waals surface area contributed by atoms with Gasteiger partial charge < -0.3 is 10.6 Å². The van der Waals surface area contributed by atoms with E-state index in [1.165, 1.54) is 0 Å². The number of nitrogens with one attached hydrogen (secondary N) is 2. The summed E-state index contributed by atoms with van der Waals surface area (Å²) < 4.78 is 0. The van der Waals surface area contributed by atoms with Crippen molar-refractivity contribution in [1.29, 1.82) is 0 Å². The third kappa shape index (κ3) is 3.72. The Kier molecular flexibility index (Phi) is 4.78. The second kappa shape index (κ2) is 6.57. The van der Waals surface area contributed by atoms with Gasteiger partial charge in [-0.1, -0.05) is 38.1 Å². The van der Waals surface area contributed by atoms with E-state index in [2.05, 4.69) is 31.1 Å². The molecule has 4 nitrogen and oxygen atoms in total. The van der Waals surface area contributed by atoms with Gasteiger partial charge in [0.15, 0.2) is 0 Å². The first-order valence-electron chi connectivity index (χ1n) is 7.33. The summed E-state index contributed by atoms with van der Waals surface area (Å²) in [5.41, 5.74) is 1.95. The number of amides is 2. The van der Waals surface area contributed by atoms with Gasteiger partial charge in [0.05, 0.1) is 11.8 Å². The minimum Gasteiger partial charge on any atom is -0.352 e. The maximum absolute atomic E-state index is 12.2. The average molecular weight is 286 g/mol. The van der Waals surface area contributed by atoms with Crippen molar-refractivity contribution in [3.8, 4) is 0 Å². The first-order valence-corrected chi connectivity index (χ1v) is 7.33. The third-order valence-electron chi connectivity index (χ3n) is 3.73. The zero-order valence-electron chi connectivity index (χ0n) is 12.6. The molecular weight excluding hydrogens is 264 g/mol. The van der Waals surface area contributed by atoms with Gasteiger partial charge in [-0.25, -0.2) is 0 Å². The molecule has 0 bridgehead atoms. The highest BCUT2D eigenvalue weighted by atomic mass is 16.2. The van der Waals surface area contributed by atoms with Crippen LogP contribution >= 0.6 is 0 Å². The fourth-order valence-electron chi connectivity index (χ4n) is 2.42. The Hall–Kier alpha value is -2.10. The molecular formula is C17H22N2O2. The predicted molar refractivity (Wildman–Crippen MR) is 84.0 cm³/mol. The van der Waals surface area contributed by atoms with Gasteiger partial charge in [-0.15, -0.1) is 6.58 Å². The van der Waals surface area contributed by atoms with Crippen molar-refractivity contribution in [2.45, 2.75) is 26.2 Å². The molecule has 0 heterocycles. The quantitative estimate of drug-likeness (QED) is 0.790. The molecule has 0 aliphatic heterocycles. The van der Waals surface area contributed by atoms with Crippen molar-refractivity contribution in [2.75, 3.05) is 11.9 Å². The summed E-state index contributed by atoms with van der Waals surface area (Å²) in [6.45, 7) is 8.18. The highest BCUT2D eigenvalue weighted by Crippen LogP contribution is 2.40. The number of carbonyl (C=O) groups excluding carboxylic acids is 2. The highest BCUT2D eigenvalue weighted by molar-refractivity contribution is 6.00. The lowest BCUT2D eigenvalue weighted by Crippen LogP contribution is -2.27. The number of carbonyl (C=O) groups is 2. The summed E-state index contributed by atoms with van der Waals surface area (Å²) in [5.74, 6) is -0.201. The minimum atomic E-state index is -0.213. The van der Waals surface area contributed by atoms with Gasteiger partial charge in [-0.3, -0.25) is 9.59 Å². The molecule has 0 saturated heterocycles. The fourth-order valence-corrected chi connectivity index (χ4v) is 2.42. The first kappa shape index (κ1) is 15.3. The van der Waals surface area contributed by atoms with Crippen molar-refractivity contribution in [1.82, 2.24) is 5.32 Å². The molecule has 0 radical (unpaired) electrons. The van der Waals surface area contributed by atoms with Gasteiger partial charge in [0, 0.05) is 12.2 Å². The van der Waals surface area contributed by atoms with Gasteiger partial charge in [0.25, 0.3) is 0 Å². The predicted octanol–water partition coefficient (Wildman–Crippen LogP) is 2.69. The van der Waals surface area contributed by atoms with E-state index in [4.69, 9.17) is 0 Å². The van der Waals surface area contributed by atoms with E-state index in [1.807, 2.05) is 24.3 Å².